The summed E-state index contributed by atoms with van der Waals surface area (Å²) in [6.45, 7) is 4.75. The van der Waals surface area contributed by atoms with E-state index in [1.807, 2.05) is 24.3 Å². The molecule has 0 aliphatic heterocycles. The highest BCUT2D eigenvalue weighted by Crippen LogP contribution is 2.10. The molecule has 0 saturated heterocycles. The minimum absolute atomic E-state index is 0.593. The number of benzene rings is 1. The standard InChI is InChI=1S/C13H20O3/c1-12-4-6-13(7-5-12)16-11-10-15-9-3-8-14-2/h4-7H,3,8-11H2,1-2H3. The Kier molecular flexibility index (Phi) is 6.61. The van der Waals surface area contributed by atoms with Crippen molar-refractivity contribution in [1.82, 2.24) is 0 Å². The summed E-state index contributed by atoms with van der Waals surface area (Å²) in [4.78, 5) is 0. The zero-order chi connectivity index (χ0) is 11.6. The lowest BCUT2D eigenvalue weighted by Gasteiger charge is -2.07. The molecular formula is C13H20O3. The third-order valence-corrected chi connectivity index (χ3v) is 2.15. The Morgan fingerprint density at radius 2 is 1.69 bits per heavy atom. The van der Waals surface area contributed by atoms with Crippen molar-refractivity contribution in [3.63, 3.8) is 0 Å². The van der Waals surface area contributed by atoms with Crippen LogP contribution in [-0.2, 0) is 9.47 Å². The number of methoxy groups -OCH3 is 1. The number of ether oxygens (including phenoxy) is 3. The second-order valence-electron chi connectivity index (χ2n) is 3.62. The summed E-state index contributed by atoms with van der Waals surface area (Å²) in [7, 11) is 1.69. The molecule has 3 heteroatoms. The molecule has 0 N–H and O–H groups in total. The van der Waals surface area contributed by atoms with Crippen LogP contribution in [0.2, 0.25) is 0 Å². The van der Waals surface area contributed by atoms with Crippen molar-refractivity contribution in [2.45, 2.75) is 13.3 Å². The molecule has 0 heterocycles. The minimum Gasteiger partial charge on any atom is -0.491 e. The van der Waals surface area contributed by atoms with Crippen LogP contribution >= 0.6 is 0 Å². The highest BCUT2D eigenvalue weighted by Gasteiger charge is 1.93. The fourth-order valence-corrected chi connectivity index (χ4v) is 1.26. The van der Waals surface area contributed by atoms with Gasteiger partial charge in [-0.25, -0.2) is 0 Å². The van der Waals surface area contributed by atoms with E-state index in [4.69, 9.17) is 14.2 Å². The van der Waals surface area contributed by atoms with E-state index in [0.29, 0.717) is 13.2 Å². The lowest BCUT2D eigenvalue weighted by atomic mass is 10.2. The molecule has 0 fully saturated rings. The van der Waals surface area contributed by atoms with Gasteiger partial charge in [0, 0.05) is 20.3 Å². The van der Waals surface area contributed by atoms with Crippen molar-refractivity contribution in [3.8, 4) is 5.75 Å². The summed E-state index contributed by atoms with van der Waals surface area (Å²) in [5.74, 6) is 0.895. The molecule has 90 valence electrons. The van der Waals surface area contributed by atoms with Gasteiger partial charge in [-0.15, -0.1) is 0 Å². The predicted molar refractivity (Wildman–Crippen MR) is 64.0 cm³/mol. The van der Waals surface area contributed by atoms with E-state index >= 15 is 0 Å². The highest BCUT2D eigenvalue weighted by molar-refractivity contribution is 5.26. The van der Waals surface area contributed by atoms with Gasteiger partial charge in [0.1, 0.15) is 12.4 Å². The summed E-state index contributed by atoms with van der Waals surface area (Å²) in [6.07, 6.45) is 0.932. The van der Waals surface area contributed by atoms with E-state index in [1.54, 1.807) is 7.11 Å². The third kappa shape index (κ3) is 5.73. The van der Waals surface area contributed by atoms with Gasteiger partial charge >= 0.3 is 0 Å². The Morgan fingerprint density at radius 3 is 2.38 bits per heavy atom. The molecule has 0 saturated carbocycles. The lowest BCUT2D eigenvalue weighted by Crippen LogP contribution is -2.08. The van der Waals surface area contributed by atoms with Crippen molar-refractivity contribution < 1.29 is 14.2 Å². The molecule has 1 aromatic carbocycles. The van der Waals surface area contributed by atoms with Crippen LogP contribution in [0.1, 0.15) is 12.0 Å². The molecule has 0 atom stereocenters. The maximum atomic E-state index is 5.51. The van der Waals surface area contributed by atoms with Crippen LogP contribution in [-0.4, -0.2) is 33.5 Å². The summed E-state index contributed by atoms with van der Waals surface area (Å²) >= 11 is 0. The third-order valence-electron chi connectivity index (χ3n) is 2.15. The van der Waals surface area contributed by atoms with Gasteiger partial charge in [0.2, 0.25) is 0 Å². The molecule has 0 aromatic heterocycles. The number of hydrogen-bond donors (Lipinski definition) is 0. The SMILES string of the molecule is COCCCOCCOc1ccc(C)cc1. The van der Waals surface area contributed by atoms with Gasteiger partial charge < -0.3 is 14.2 Å². The van der Waals surface area contributed by atoms with Crippen molar-refractivity contribution in [1.29, 1.82) is 0 Å². The fraction of sp³-hybridized carbons (Fsp3) is 0.538. The Bertz CT molecular complexity index is 269. The van der Waals surface area contributed by atoms with Crippen LogP contribution in [0.5, 0.6) is 5.75 Å². The number of aryl methyl sites for hydroxylation is 1. The van der Waals surface area contributed by atoms with Crippen LogP contribution < -0.4 is 4.74 Å². The molecular weight excluding hydrogens is 204 g/mol. The number of hydrogen-bond acceptors (Lipinski definition) is 3. The van der Waals surface area contributed by atoms with E-state index < -0.39 is 0 Å². The first-order chi connectivity index (χ1) is 7.83. The summed E-state index contributed by atoms with van der Waals surface area (Å²) in [5, 5.41) is 0. The summed E-state index contributed by atoms with van der Waals surface area (Å²) in [5.41, 5.74) is 1.24. The van der Waals surface area contributed by atoms with E-state index in [-0.39, 0.29) is 0 Å². The van der Waals surface area contributed by atoms with Gasteiger partial charge in [-0.05, 0) is 25.5 Å². The smallest absolute Gasteiger partial charge is 0.119 e. The van der Waals surface area contributed by atoms with Gasteiger partial charge in [0.15, 0.2) is 0 Å². The van der Waals surface area contributed by atoms with Crippen molar-refractivity contribution in [3.05, 3.63) is 29.8 Å². The summed E-state index contributed by atoms with van der Waals surface area (Å²) in [6, 6.07) is 8.02. The maximum Gasteiger partial charge on any atom is 0.119 e. The fourth-order valence-electron chi connectivity index (χ4n) is 1.26. The molecule has 16 heavy (non-hydrogen) atoms. The van der Waals surface area contributed by atoms with E-state index in [2.05, 4.69) is 6.92 Å². The average Bonchev–Trinajstić information content (AvgIpc) is 2.30. The average molecular weight is 224 g/mol. The lowest BCUT2D eigenvalue weighted by molar-refractivity contribution is 0.0806. The van der Waals surface area contributed by atoms with Crippen LogP contribution in [0.3, 0.4) is 0 Å². The number of rotatable bonds is 8. The largest absolute Gasteiger partial charge is 0.491 e. The Labute approximate surface area is 97.3 Å². The normalized spacial score (nSPS) is 10.4. The molecule has 1 aromatic rings. The van der Waals surface area contributed by atoms with Gasteiger partial charge in [-0.1, -0.05) is 17.7 Å². The van der Waals surface area contributed by atoms with Crippen LogP contribution in [0.15, 0.2) is 24.3 Å². The first kappa shape index (κ1) is 13.0. The molecule has 1 rings (SSSR count). The van der Waals surface area contributed by atoms with Gasteiger partial charge in [0.05, 0.1) is 6.61 Å². The first-order valence-electron chi connectivity index (χ1n) is 5.59. The van der Waals surface area contributed by atoms with Crippen LogP contribution in [0.4, 0.5) is 0 Å². The summed E-state index contributed by atoms with van der Waals surface area (Å²) < 4.78 is 15.8. The van der Waals surface area contributed by atoms with Gasteiger partial charge in [-0.3, -0.25) is 0 Å². The zero-order valence-electron chi connectivity index (χ0n) is 10.1. The predicted octanol–water partition coefficient (Wildman–Crippen LogP) is 2.43. The molecule has 0 amide bonds. The monoisotopic (exact) mass is 224 g/mol. The molecule has 0 radical (unpaired) electrons. The second-order valence-corrected chi connectivity index (χ2v) is 3.62. The molecule has 0 aliphatic rings. The Morgan fingerprint density at radius 1 is 0.938 bits per heavy atom. The topological polar surface area (TPSA) is 27.7 Å². The van der Waals surface area contributed by atoms with E-state index in [9.17, 15) is 0 Å². The molecule has 0 aliphatic carbocycles. The van der Waals surface area contributed by atoms with Crippen LogP contribution in [0, 0.1) is 6.92 Å². The van der Waals surface area contributed by atoms with E-state index in [1.165, 1.54) is 5.56 Å². The highest BCUT2D eigenvalue weighted by atomic mass is 16.5. The maximum absolute atomic E-state index is 5.51. The van der Waals surface area contributed by atoms with Gasteiger partial charge in [0.25, 0.3) is 0 Å². The molecule has 3 nitrogen and oxygen atoms in total. The molecule has 0 unspecified atom stereocenters. The Hall–Kier alpha value is -1.06. The van der Waals surface area contributed by atoms with Crippen LogP contribution in [0.25, 0.3) is 0 Å². The van der Waals surface area contributed by atoms with Crippen molar-refractivity contribution in [2.24, 2.45) is 0 Å². The quantitative estimate of drug-likeness (QED) is 0.635. The minimum atomic E-state index is 0.593. The first-order valence-corrected chi connectivity index (χ1v) is 5.59. The molecule has 0 bridgehead atoms. The van der Waals surface area contributed by atoms with E-state index in [0.717, 1.165) is 25.4 Å². The molecule has 0 spiro atoms. The van der Waals surface area contributed by atoms with Gasteiger partial charge in [-0.2, -0.15) is 0 Å². The van der Waals surface area contributed by atoms with Crippen molar-refractivity contribution in [2.75, 3.05) is 33.5 Å². The Balaban J connectivity index is 2.01. The second kappa shape index (κ2) is 8.13. The van der Waals surface area contributed by atoms with Crippen molar-refractivity contribution >= 4 is 0 Å². The zero-order valence-corrected chi connectivity index (χ0v) is 10.1.